The van der Waals surface area contributed by atoms with E-state index in [9.17, 15) is 23.3 Å². The minimum atomic E-state index is -4.56. The third-order valence-electron chi connectivity index (χ3n) is 3.61. The SMILES string of the molecule is CCNC(=S)N=C(OC)c1cc(Oc2ccc(C(F)(F)F)cc2Cl)ccc1[N+](=O)[O-]. The van der Waals surface area contributed by atoms with Crippen molar-refractivity contribution in [2.75, 3.05) is 13.7 Å². The third kappa shape index (κ3) is 5.80. The van der Waals surface area contributed by atoms with Crippen molar-refractivity contribution in [3.05, 3.63) is 62.7 Å². The van der Waals surface area contributed by atoms with Gasteiger partial charge in [0.1, 0.15) is 17.1 Å². The lowest BCUT2D eigenvalue weighted by molar-refractivity contribution is -0.385. The fraction of sp³-hybridized carbons (Fsp3) is 0.222. The van der Waals surface area contributed by atoms with Gasteiger partial charge < -0.3 is 14.8 Å². The van der Waals surface area contributed by atoms with Gasteiger partial charge in [0.05, 0.1) is 22.6 Å². The van der Waals surface area contributed by atoms with E-state index < -0.39 is 16.7 Å². The first-order valence-corrected chi connectivity index (χ1v) is 9.09. The molecule has 7 nitrogen and oxygen atoms in total. The van der Waals surface area contributed by atoms with Gasteiger partial charge in [-0.15, -0.1) is 0 Å². The average Bonchev–Trinajstić information content (AvgIpc) is 2.66. The van der Waals surface area contributed by atoms with Gasteiger partial charge in [-0.05, 0) is 43.4 Å². The molecule has 0 fully saturated rings. The molecule has 0 aliphatic rings. The summed E-state index contributed by atoms with van der Waals surface area (Å²) in [6.45, 7) is 2.27. The Balaban J connectivity index is 2.45. The number of nitrogens with one attached hydrogen (secondary N) is 1. The predicted molar refractivity (Wildman–Crippen MR) is 109 cm³/mol. The lowest BCUT2D eigenvalue weighted by Crippen LogP contribution is -2.21. The summed E-state index contributed by atoms with van der Waals surface area (Å²) in [4.78, 5) is 14.7. The fourth-order valence-corrected chi connectivity index (χ4v) is 2.74. The number of nitro groups is 1. The lowest BCUT2D eigenvalue weighted by atomic mass is 10.1. The van der Waals surface area contributed by atoms with Crippen molar-refractivity contribution < 1.29 is 27.6 Å². The largest absolute Gasteiger partial charge is 0.480 e. The molecule has 0 aliphatic carbocycles. The van der Waals surface area contributed by atoms with E-state index in [1.165, 1.54) is 19.2 Å². The predicted octanol–water partition coefficient (Wildman–Crippen LogP) is 5.35. The van der Waals surface area contributed by atoms with Gasteiger partial charge >= 0.3 is 6.18 Å². The summed E-state index contributed by atoms with van der Waals surface area (Å²) in [5.41, 5.74) is -1.31. The second-order valence-electron chi connectivity index (χ2n) is 5.64. The van der Waals surface area contributed by atoms with Crippen molar-refractivity contribution in [1.29, 1.82) is 0 Å². The standard InChI is InChI=1S/C18H15ClF3N3O4S/c1-3-23-17(30)24-16(28-2)12-9-11(5-6-14(12)25(26)27)29-15-7-4-10(8-13(15)19)18(20,21)22/h4-9H,3H2,1-2H3,(H,23,30). The van der Waals surface area contributed by atoms with Crippen LogP contribution in [0.5, 0.6) is 11.5 Å². The molecule has 0 unspecified atom stereocenters. The molecule has 0 aromatic heterocycles. The number of rotatable bonds is 5. The Bertz CT molecular complexity index is 999. The smallest absolute Gasteiger partial charge is 0.416 e. The Morgan fingerprint density at radius 3 is 2.53 bits per heavy atom. The lowest BCUT2D eigenvalue weighted by Gasteiger charge is -2.12. The van der Waals surface area contributed by atoms with Crippen LogP contribution in [-0.4, -0.2) is 29.6 Å². The fourth-order valence-electron chi connectivity index (χ4n) is 2.29. The molecule has 12 heteroatoms. The minimum Gasteiger partial charge on any atom is -0.480 e. The Morgan fingerprint density at radius 1 is 1.30 bits per heavy atom. The maximum atomic E-state index is 12.8. The molecular weight excluding hydrogens is 447 g/mol. The first kappa shape index (κ1) is 23.4. The maximum Gasteiger partial charge on any atom is 0.416 e. The van der Waals surface area contributed by atoms with Crippen LogP contribution in [0.3, 0.4) is 0 Å². The van der Waals surface area contributed by atoms with Crippen molar-refractivity contribution in [2.45, 2.75) is 13.1 Å². The summed E-state index contributed by atoms with van der Waals surface area (Å²) in [5, 5.41) is 13.9. The minimum absolute atomic E-state index is 0.0386. The van der Waals surface area contributed by atoms with Crippen LogP contribution in [0.25, 0.3) is 0 Å². The summed E-state index contributed by atoms with van der Waals surface area (Å²) in [5.74, 6) is -0.142. The molecule has 0 spiro atoms. The van der Waals surface area contributed by atoms with Gasteiger partial charge in [0.2, 0.25) is 5.90 Å². The van der Waals surface area contributed by atoms with E-state index in [-0.39, 0.29) is 38.8 Å². The van der Waals surface area contributed by atoms with Gasteiger partial charge in [-0.1, -0.05) is 11.6 Å². The van der Waals surface area contributed by atoms with Gasteiger partial charge in [-0.25, -0.2) is 0 Å². The number of alkyl halides is 3. The number of methoxy groups -OCH3 is 1. The second-order valence-corrected chi connectivity index (χ2v) is 6.43. The number of hydrogen-bond donors (Lipinski definition) is 1. The number of nitro benzene ring substituents is 1. The van der Waals surface area contributed by atoms with E-state index in [0.29, 0.717) is 6.54 Å². The zero-order valence-corrected chi connectivity index (χ0v) is 17.2. The zero-order valence-electron chi connectivity index (χ0n) is 15.6. The molecule has 0 bridgehead atoms. The van der Waals surface area contributed by atoms with Crippen molar-refractivity contribution >= 4 is 40.5 Å². The Kier molecular flexibility index (Phi) is 7.57. The Morgan fingerprint density at radius 2 is 2.00 bits per heavy atom. The van der Waals surface area contributed by atoms with Crippen molar-refractivity contribution in [3.63, 3.8) is 0 Å². The number of halogens is 4. The molecule has 30 heavy (non-hydrogen) atoms. The molecule has 2 rings (SSSR count). The van der Waals surface area contributed by atoms with E-state index >= 15 is 0 Å². The van der Waals surface area contributed by atoms with Crippen LogP contribution in [0.4, 0.5) is 18.9 Å². The summed E-state index contributed by atoms with van der Waals surface area (Å²) < 4.78 is 49.0. The van der Waals surface area contributed by atoms with Crippen LogP contribution in [0.2, 0.25) is 5.02 Å². The number of nitrogens with zero attached hydrogens (tertiary/aromatic N) is 2. The Hall–Kier alpha value is -2.92. The zero-order chi connectivity index (χ0) is 22.5. The molecule has 2 aromatic rings. The van der Waals surface area contributed by atoms with E-state index in [0.717, 1.165) is 24.3 Å². The highest BCUT2D eigenvalue weighted by molar-refractivity contribution is 7.80. The topological polar surface area (TPSA) is 86.0 Å². The van der Waals surface area contributed by atoms with Gasteiger partial charge in [-0.3, -0.25) is 10.1 Å². The molecular formula is C18H15ClF3N3O4S. The van der Waals surface area contributed by atoms with Gasteiger partial charge in [0.25, 0.3) is 5.69 Å². The summed E-state index contributed by atoms with van der Waals surface area (Å²) in [6, 6.07) is 6.25. The van der Waals surface area contributed by atoms with Crippen LogP contribution in [-0.2, 0) is 10.9 Å². The summed E-state index contributed by atoms with van der Waals surface area (Å²) in [7, 11) is 1.26. The second kappa shape index (κ2) is 9.72. The van der Waals surface area contributed by atoms with E-state index in [1.54, 1.807) is 6.92 Å². The molecule has 0 radical (unpaired) electrons. The Labute approximate surface area is 179 Å². The summed E-state index contributed by atoms with van der Waals surface area (Å²) >= 11 is 10.9. The monoisotopic (exact) mass is 461 g/mol. The number of hydrogen-bond acceptors (Lipinski definition) is 5. The van der Waals surface area contributed by atoms with Crippen LogP contribution < -0.4 is 10.1 Å². The highest BCUT2D eigenvalue weighted by Crippen LogP contribution is 2.37. The molecule has 1 N–H and O–H groups in total. The van der Waals surface area contributed by atoms with Gasteiger partial charge in [-0.2, -0.15) is 18.2 Å². The van der Waals surface area contributed by atoms with Crippen LogP contribution in [0.15, 0.2) is 41.4 Å². The number of thiocarbonyl (C=S) groups is 1. The highest BCUT2D eigenvalue weighted by atomic mass is 35.5. The van der Waals surface area contributed by atoms with Crippen molar-refractivity contribution in [3.8, 4) is 11.5 Å². The third-order valence-corrected chi connectivity index (χ3v) is 4.14. The molecule has 0 saturated carbocycles. The molecule has 160 valence electrons. The van der Waals surface area contributed by atoms with E-state index in [4.69, 9.17) is 33.3 Å². The molecule has 0 amide bonds. The van der Waals surface area contributed by atoms with Crippen molar-refractivity contribution in [2.24, 2.45) is 4.99 Å². The molecule has 0 atom stereocenters. The number of aliphatic imine (C=N–C) groups is 1. The molecule has 2 aromatic carbocycles. The van der Waals surface area contributed by atoms with Crippen LogP contribution >= 0.6 is 23.8 Å². The van der Waals surface area contributed by atoms with E-state index in [2.05, 4.69) is 10.3 Å². The van der Waals surface area contributed by atoms with E-state index in [1.807, 2.05) is 0 Å². The summed E-state index contributed by atoms with van der Waals surface area (Å²) in [6.07, 6.45) is -4.56. The van der Waals surface area contributed by atoms with Crippen molar-refractivity contribution in [1.82, 2.24) is 5.32 Å². The van der Waals surface area contributed by atoms with Crippen LogP contribution in [0, 0.1) is 10.1 Å². The maximum absolute atomic E-state index is 12.8. The molecule has 0 aliphatic heterocycles. The molecule has 0 heterocycles. The number of benzene rings is 2. The number of ether oxygens (including phenoxy) is 2. The molecule has 0 saturated heterocycles. The first-order valence-electron chi connectivity index (χ1n) is 8.30. The van der Waals surface area contributed by atoms with Gasteiger partial charge in [0.15, 0.2) is 5.11 Å². The first-order chi connectivity index (χ1) is 14.1. The normalized spacial score (nSPS) is 11.7. The highest BCUT2D eigenvalue weighted by Gasteiger charge is 2.31. The average molecular weight is 462 g/mol. The van der Waals surface area contributed by atoms with Crippen LogP contribution in [0.1, 0.15) is 18.1 Å². The quantitative estimate of drug-likeness (QED) is 0.212. The van der Waals surface area contributed by atoms with Gasteiger partial charge in [0, 0.05) is 18.7 Å².